The first-order valence-corrected chi connectivity index (χ1v) is 45.7. The van der Waals surface area contributed by atoms with E-state index in [-0.39, 0.29) is 10.8 Å². The molecule has 0 nitrogen and oxygen atoms in total. The molecule has 620 valence electrons. The average Bonchev–Trinajstić information content (AvgIpc) is 0.727. The predicted molar refractivity (Wildman–Crippen MR) is 566 cm³/mol. The van der Waals surface area contributed by atoms with Gasteiger partial charge in [0.15, 0.2) is 0 Å². The molecular formula is C130H100. The SMILES string of the molecule is CC(C)(C)c1ccc2c(-c3ccc4ccccc4c3)c3ccccc3c(-c3ccc4ccccc4c3)c2c1.CC(C)(C)c1ccc2c(-c3ccccc3)c3ccccc3c(-c3ccccc3)c2c1.Cc1ccc2c(-c3ccc4ccccc4c3)c3ccccc3c(-c3ccc4ccccc4c3)c2c1.Cc1ccc2c(-c3ccccc3)c3ccccc3c(-c3ccccc3)c2c1. The Hall–Kier alpha value is -15.6. The molecule has 130 heavy (non-hydrogen) atoms. The maximum atomic E-state index is 2.44. The largest absolute Gasteiger partial charge is 0.0622 e. The number of rotatable bonds is 8. The highest BCUT2D eigenvalue weighted by molar-refractivity contribution is 6.26. The van der Waals surface area contributed by atoms with Gasteiger partial charge in [-0.15, -0.1) is 0 Å². The molecule has 0 bridgehead atoms. The molecule has 0 unspecified atom stereocenters. The predicted octanol–water partition coefficient (Wildman–Crippen LogP) is 37.1. The van der Waals surface area contributed by atoms with E-state index in [9.17, 15) is 0 Å². The van der Waals surface area contributed by atoms with Crippen molar-refractivity contribution in [2.24, 2.45) is 0 Å². The van der Waals surface area contributed by atoms with E-state index in [2.05, 4.69) is 516 Å². The van der Waals surface area contributed by atoms with Crippen molar-refractivity contribution in [2.45, 2.75) is 66.2 Å². The molecular weight excluding hydrogens is 1560 g/mol. The number of benzene rings is 24. The second-order valence-corrected chi connectivity index (χ2v) is 37.0. The number of hydrogen-bond donors (Lipinski definition) is 0. The zero-order valence-corrected chi connectivity index (χ0v) is 74.9. The van der Waals surface area contributed by atoms with Gasteiger partial charge in [-0.3, -0.25) is 0 Å². The Labute approximate surface area is 762 Å². The van der Waals surface area contributed by atoms with Gasteiger partial charge in [0.2, 0.25) is 0 Å². The van der Waals surface area contributed by atoms with E-state index in [1.807, 2.05) is 0 Å². The maximum absolute atomic E-state index is 2.44. The lowest BCUT2D eigenvalue weighted by atomic mass is 9.81. The summed E-state index contributed by atoms with van der Waals surface area (Å²) in [4.78, 5) is 0. The van der Waals surface area contributed by atoms with Crippen molar-refractivity contribution in [2.75, 3.05) is 0 Å². The zero-order valence-electron chi connectivity index (χ0n) is 74.9. The van der Waals surface area contributed by atoms with Gasteiger partial charge < -0.3 is 0 Å². The van der Waals surface area contributed by atoms with Gasteiger partial charge >= 0.3 is 0 Å². The summed E-state index contributed by atoms with van der Waals surface area (Å²) < 4.78 is 0. The van der Waals surface area contributed by atoms with Crippen LogP contribution in [0.5, 0.6) is 0 Å². The molecule has 0 aliphatic carbocycles. The molecule has 0 heterocycles. The average molecular weight is 1660 g/mol. The lowest BCUT2D eigenvalue weighted by molar-refractivity contribution is 0.591. The van der Waals surface area contributed by atoms with Gasteiger partial charge in [0.05, 0.1) is 0 Å². The van der Waals surface area contributed by atoms with Crippen molar-refractivity contribution in [3.05, 3.63) is 483 Å². The molecule has 24 rings (SSSR count). The third-order valence-electron chi connectivity index (χ3n) is 26.5. The van der Waals surface area contributed by atoms with E-state index in [0.717, 1.165) is 0 Å². The Balaban J connectivity index is 0.000000106. The fourth-order valence-electron chi connectivity index (χ4n) is 20.2. The minimum atomic E-state index is 0.0591. The van der Waals surface area contributed by atoms with Gasteiger partial charge in [-0.2, -0.15) is 0 Å². The normalized spacial score (nSPS) is 11.7. The summed E-state index contributed by atoms with van der Waals surface area (Å²) in [5, 5.41) is 31.1. The third kappa shape index (κ3) is 15.5. The van der Waals surface area contributed by atoms with Gasteiger partial charge in [0.1, 0.15) is 0 Å². The molecule has 0 aliphatic heterocycles. The molecule has 0 atom stereocenters. The Morgan fingerprint density at radius 2 is 0.300 bits per heavy atom. The van der Waals surface area contributed by atoms with Gasteiger partial charge in [-0.05, 0) is 290 Å². The lowest BCUT2D eigenvalue weighted by Gasteiger charge is -2.23. The van der Waals surface area contributed by atoms with Crippen molar-refractivity contribution in [3.8, 4) is 89.0 Å². The maximum Gasteiger partial charge on any atom is -0.00260 e. The third-order valence-corrected chi connectivity index (χ3v) is 26.5. The minimum absolute atomic E-state index is 0.0591. The van der Waals surface area contributed by atoms with Crippen LogP contribution >= 0.6 is 0 Å². The molecule has 0 aliphatic rings. The van der Waals surface area contributed by atoms with Crippen LogP contribution < -0.4 is 0 Å². The fourth-order valence-corrected chi connectivity index (χ4v) is 20.2. The van der Waals surface area contributed by atoms with Crippen molar-refractivity contribution in [1.29, 1.82) is 0 Å². The second-order valence-electron chi connectivity index (χ2n) is 37.0. The summed E-state index contributed by atoms with van der Waals surface area (Å²) in [6.45, 7) is 18.1. The summed E-state index contributed by atoms with van der Waals surface area (Å²) in [6.07, 6.45) is 0. The Morgan fingerprint density at radius 1 is 0.123 bits per heavy atom. The van der Waals surface area contributed by atoms with E-state index >= 15 is 0 Å². The van der Waals surface area contributed by atoms with Crippen molar-refractivity contribution < 1.29 is 0 Å². The number of fused-ring (bicyclic) bond motifs is 12. The molecule has 24 aromatic rings. The summed E-state index contributed by atoms with van der Waals surface area (Å²) in [5.74, 6) is 0. The summed E-state index contributed by atoms with van der Waals surface area (Å²) in [5.41, 5.74) is 26.1. The molecule has 0 radical (unpaired) electrons. The first kappa shape index (κ1) is 81.4. The fraction of sp³-hybridized carbons (Fsp3) is 0.0769. The Morgan fingerprint density at radius 3 is 0.538 bits per heavy atom. The van der Waals surface area contributed by atoms with Gasteiger partial charge in [-0.25, -0.2) is 0 Å². The minimum Gasteiger partial charge on any atom is -0.0622 e. The molecule has 0 amide bonds. The van der Waals surface area contributed by atoms with Crippen LogP contribution in [-0.4, -0.2) is 0 Å². The second kappa shape index (κ2) is 34.3. The van der Waals surface area contributed by atoms with Crippen molar-refractivity contribution in [1.82, 2.24) is 0 Å². The molecule has 0 saturated heterocycles. The number of aryl methyl sites for hydroxylation is 2. The first-order chi connectivity index (χ1) is 63.6. The van der Waals surface area contributed by atoms with Gasteiger partial charge in [-0.1, -0.05) is 477 Å². The van der Waals surface area contributed by atoms with Crippen LogP contribution in [0.3, 0.4) is 0 Å². The Kier molecular flexibility index (Phi) is 21.5. The lowest BCUT2D eigenvalue weighted by Crippen LogP contribution is -2.10. The summed E-state index contributed by atoms with van der Waals surface area (Å²) >= 11 is 0. The Bertz CT molecular complexity index is 8470. The standard InChI is InChI=1S/C38H30.C35H24.C30H26.C27H20/c1-38(2,3)31-20-21-34-35(24-31)37(30-19-17-26-11-5-7-13-28(26)23-30)33-15-9-8-14-32(33)36(34)29-18-16-25-10-4-6-12-27(25)22-29;1-23-14-19-32-33(20-23)35(29-18-16-25-9-3-5-11-27(25)22-29)31-13-7-6-12-30(31)34(32)28-17-15-24-8-2-4-10-26(24)21-28;1-30(2,3)23-18-19-26-27(20-23)29(22-14-8-5-9-15-22)25-17-11-10-16-24(25)28(26)21-12-6-4-7-13-21;1-19-16-17-24-25(18-19)27(21-12-6-3-7-13-21)23-15-9-8-14-22(23)26(24)20-10-4-2-5-11-20/h4-24H,1-3H3;2-22H,1H3;4-20H,1-3H3;2-18H,1H3. The van der Waals surface area contributed by atoms with Crippen molar-refractivity contribution >= 4 is 129 Å². The van der Waals surface area contributed by atoms with Crippen molar-refractivity contribution in [3.63, 3.8) is 0 Å². The molecule has 0 aromatic heterocycles. The van der Waals surface area contributed by atoms with Crippen LogP contribution in [0.1, 0.15) is 63.8 Å². The van der Waals surface area contributed by atoms with Crippen LogP contribution in [0.25, 0.3) is 218 Å². The quantitative estimate of drug-likeness (QED) is 0.133. The van der Waals surface area contributed by atoms with Crippen LogP contribution in [0, 0.1) is 13.8 Å². The molecule has 0 spiro atoms. The van der Waals surface area contributed by atoms with E-state index in [1.54, 1.807) is 0 Å². The topological polar surface area (TPSA) is 0 Å². The highest BCUT2D eigenvalue weighted by Gasteiger charge is 2.26. The van der Waals surface area contributed by atoms with E-state index < -0.39 is 0 Å². The first-order valence-electron chi connectivity index (χ1n) is 45.7. The van der Waals surface area contributed by atoms with Crippen LogP contribution in [0.15, 0.2) is 461 Å². The smallest absolute Gasteiger partial charge is 0.00260 e. The van der Waals surface area contributed by atoms with Gasteiger partial charge in [0, 0.05) is 0 Å². The molecule has 0 saturated carbocycles. The van der Waals surface area contributed by atoms with E-state index in [4.69, 9.17) is 0 Å². The zero-order chi connectivity index (χ0) is 88.1. The van der Waals surface area contributed by atoms with E-state index in [1.165, 1.54) is 241 Å². The highest BCUT2D eigenvalue weighted by Crippen LogP contribution is 2.51. The van der Waals surface area contributed by atoms with Gasteiger partial charge in [0.25, 0.3) is 0 Å². The van der Waals surface area contributed by atoms with Crippen LogP contribution in [0.4, 0.5) is 0 Å². The summed E-state index contributed by atoms with van der Waals surface area (Å²) in [7, 11) is 0. The highest BCUT2D eigenvalue weighted by atomic mass is 14.3. The molecule has 0 heteroatoms. The number of hydrogen-bond acceptors (Lipinski definition) is 0. The summed E-state index contributed by atoms with van der Waals surface area (Å²) in [6, 6.07) is 169. The monoisotopic (exact) mass is 1660 g/mol. The van der Waals surface area contributed by atoms with Crippen LogP contribution in [-0.2, 0) is 10.8 Å². The van der Waals surface area contributed by atoms with E-state index in [0.29, 0.717) is 0 Å². The molecule has 0 fully saturated rings. The van der Waals surface area contributed by atoms with Crippen LogP contribution in [0.2, 0.25) is 0 Å². The molecule has 0 N–H and O–H groups in total. The molecule has 24 aromatic carbocycles.